The monoisotopic (exact) mass is 944 g/mol. The fraction of sp³-hybridized carbons (Fsp3) is 0.500. The second kappa shape index (κ2) is 22.6. The van der Waals surface area contributed by atoms with Gasteiger partial charge in [0, 0.05) is 47.4 Å². The average molecular weight is 945 g/mol. The minimum Gasteiger partial charge on any atom is -0.481 e. The lowest BCUT2D eigenvalue weighted by Gasteiger charge is -2.34. The van der Waals surface area contributed by atoms with E-state index >= 15 is 0 Å². The number of benzene rings is 2. The molecule has 0 aromatic heterocycles. The number of anilines is 2. The molecule has 2 atom stereocenters. The van der Waals surface area contributed by atoms with Gasteiger partial charge in [0.15, 0.2) is 0 Å². The van der Waals surface area contributed by atoms with Crippen LogP contribution in [0, 0.1) is 0 Å². The minimum atomic E-state index is -4.64. The second-order valence-electron chi connectivity index (χ2n) is 15.9. The van der Waals surface area contributed by atoms with E-state index in [2.05, 4.69) is 16.8 Å². The maximum atomic E-state index is 12.3. The quantitative estimate of drug-likeness (QED) is 0.0276. The molecule has 20 heteroatoms. The number of hydrogen-bond acceptors (Lipinski definition) is 11. The van der Waals surface area contributed by atoms with Crippen molar-refractivity contribution in [3.8, 4) is 0 Å². The number of carboxylic acids is 1. The number of aliphatic carboxylic acids is 1. The Kier molecular flexibility index (Phi) is 19.2. The second-order valence-corrected chi connectivity index (χ2v) is 22.1. The molecular weight excluding hydrogens is 885 g/mol. The average Bonchev–Trinajstić information content (AvgIpc) is 3.39. The van der Waals surface area contributed by atoms with Crippen molar-refractivity contribution in [3.63, 3.8) is 0 Å². The molecule has 0 amide bonds. The molecule has 0 fully saturated rings. The van der Waals surface area contributed by atoms with Crippen LogP contribution in [0.1, 0.15) is 102 Å². The summed E-state index contributed by atoms with van der Waals surface area (Å²) in [6, 6.07) is 11.8. The number of unbranched alkanes of at least 4 members (excludes halogenated alkanes) is 5. The summed E-state index contributed by atoms with van der Waals surface area (Å²) in [4.78, 5) is 12.9. The molecule has 3 rings (SSSR count). The van der Waals surface area contributed by atoms with Gasteiger partial charge in [0.25, 0.3) is 40.5 Å². The number of allylic oxidation sites excluding steroid dienone is 7. The van der Waals surface area contributed by atoms with Crippen molar-refractivity contribution in [1.29, 1.82) is 0 Å². The van der Waals surface area contributed by atoms with Crippen LogP contribution in [0.25, 0.3) is 0 Å². The third-order valence-electron chi connectivity index (χ3n) is 11.1. The van der Waals surface area contributed by atoms with Gasteiger partial charge >= 0.3 is 5.97 Å². The highest BCUT2D eigenvalue weighted by Crippen LogP contribution is 2.51. The van der Waals surface area contributed by atoms with Gasteiger partial charge in [0.05, 0.1) is 22.2 Å². The lowest BCUT2D eigenvalue weighted by Crippen LogP contribution is -2.29. The zero-order valence-electron chi connectivity index (χ0n) is 35.1. The molecule has 1 heterocycles. The Bertz CT molecular complexity index is 2430. The Balaban J connectivity index is 2.02. The number of fused-ring (bicyclic) bond motifs is 1. The maximum absolute atomic E-state index is 12.3. The first-order valence-electron chi connectivity index (χ1n) is 20.3. The minimum absolute atomic E-state index is 0.0246. The summed E-state index contributed by atoms with van der Waals surface area (Å²) < 4.78 is 131. The topological polar surface area (TPSA) is 270 Å². The summed E-state index contributed by atoms with van der Waals surface area (Å²) in [7, 11) is -17.1. The van der Waals surface area contributed by atoms with Crippen LogP contribution in [0.4, 0.5) is 11.4 Å². The van der Waals surface area contributed by atoms with E-state index in [0.29, 0.717) is 74.7 Å². The number of nitrogens with one attached hydrogen (secondary N) is 1. The number of para-hydroxylation sites is 1. The Labute approximate surface area is 366 Å². The fourth-order valence-electron chi connectivity index (χ4n) is 7.73. The smallest absolute Gasteiger partial charge is 0.303 e. The van der Waals surface area contributed by atoms with Crippen LogP contribution in [0.2, 0.25) is 0 Å². The molecule has 16 nitrogen and oxygen atoms in total. The lowest BCUT2D eigenvalue weighted by molar-refractivity contribution is -0.137. The van der Waals surface area contributed by atoms with Crippen LogP contribution in [0.5, 0.6) is 0 Å². The van der Waals surface area contributed by atoms with E-state index in [1.807, 2.05) is 50.3 Å². The predicted molar refractivity (Wildman–Crippen MR) is 241 cm³/mol. The molecule has 0 spiro atoms. The normalized spacial score (nSPS) is 17.8. The molecule has 346 valence electrons. The van der Waals surface area contributed by atoms with Gasteiger partial charge in [-0.1, -0.05) is 75.3 Å². The Morgan fingerprint density at radius 2 is 1.39 bits per heavy atom. The van der Waals surface area contributed by atoms with Crippen LogP contribution in [0.15, 0.2) is 95.6 Å². The number of hydrogen-bond donors (Lipinski definition) is 6. The van der Waals surface area contributed by atoms with Crippen LogP contribution in [-0.2, 0) is 56.1 Å². The molecule has 0 radical (unpaired) electrons. The molecule has 6 N–H and O–H groups in total. The summed E-state index contributed by atoms with van der Waals surface area (Å²) in [6.07, 6.45) is 13.3. The van der Waals surface area contributed by atoms with E-state index in [1.165, 1.54) is 18.2 Å². The highest BCUT2D eigenvalue weighted by molar-refractivity contribution is 7.86. The van der Waals surface area contributed by atoms with Crippen LogP contribution in [-0.4, -0.2) is 93.3 Å². The molecule has 0 aliphatic carbocycles. The molecule has 2 aromatic carbocycles. The largest absolute Gasteiger partial charge is 0.481 e. The van der Waals surface area contributed by atoms with Crippen molar-refractivity contribution in [2.45, 2.75) is 107 Å². The van der Waals surface area contributed by atoms with E-state index in [9.17, 15) is 52.1 Å². The first-order chi connectivity index (χ1) is 28.8. The van der Waals surface area contributed by atoms with E-state index in [1.54, 1.807) is 18.2 Å². The predicted octanol–water partition coefficient (Wildman–Crippen LogP) is 7.36. The molecule has 2 aromatic rings. The zero-order valence-corrected chi connectivity index (χ0v) is 38.4. The molecule has 0 saturated heterocycles. The first kappa shape index (κ1) is 52.5. The molecule has 0 bridgehead atoms. The summed E-state index contributed by atoms with van der Waals surface area (Å²) in [5, 5.41) is 12.4. The molecule has 2 unspecified atom stereocenters. The number of carbonyl (C=O) groups is 1. The number of carboxylic acid groups (broad SMARTS) is 1. The summed E-state index contributed by atoms with van der Waals surface area (Å²) >= 11 is 0. The SMILES string of the molecule is C=C(/C=C/C=C/C=C1/N(CCCCS(=O)(=O)O)c2ccccc2C1(C)CCCCS(=O)(=O)O)C(C)(CCCCCC(=O)O)c1cc(S(=O)(=O)O)ccc1NCCCCS(=O)(=O)O. The van der Waals surface area contributed by atoms with Crippen molar-refractivity contribution >= 4 is 57.8 Å². The van der Waals surface area contributed by atoms with E-state index in [0.717, 1.165) is 16.9 Å². The van der Waals surface area contributed by atoms with Crippen molar-refractivity contribution in [1.82, 2.24) is 0 Å². The van der Waals surface area contributed by atoms with Crippen LogP contribution in [0.3, 0.4) is 0 Å². The maximum Gasteiger partial charge on any atom is 0.303 e. The van der Waals surface area contributed by atoms with Gasteiger partial charge < -0.3 is 15.3 Å². The molecule has 62 heavy (non-hydrogen) atoms. The lowest BCUT2D eigenvalue weighted by atomic mass is 9.71. The Morgan fingerprint density at radius 3 is 2.00 bits per heavy atom. The summed E-state index contributed by atoms with van der Waals surface area (Å²) in [5.41, 5.74) is 2.68. The van der Waals surface area contributed by atoms with Crippen LogP contribution < -0.4 is 10.2 Å². The van der Waals surface area contributed by atoms with Gasteiger partial charge in [0.2, 0.25) is 0 Å². The molecule has 0 saturated carbocycles. The van der Waals surface area contributed by atoms with E-state index in [-0.39, 0.29) is 48.6 Å². The Morgan fingerprint density at radius 1 is 0.774 bits per heavy atom. The van der Waals surface area contributed by atoms with Gasteiger partial charge in [-0.15, -0.1) is 0 Å². The highest BCUT2D eigenvalue weighted by Gasteiger charge is 2.42. The van der Waals surface area contributed by atoms with Crippen molar-refractivity contribution < 1.29 is 61.8 Å². The summed E-state index contributed by atoms with van der Waals surface area (Å²) in [6.45, 7) is 8.95. The van der Waals surface area contributed by atoms with Gasteiger partial charge in [-0.25, -0.2) is 0 Å². The zero-order chi connectivity index (χ0) is 46.4. The standard InChI is InChI=1S/C42H60N2O14S4/c1-33(41(2,25-11-5-8-22-40(45)46)36-32-34(62(56,57)58)23-24-37(36)43-27-13-16-30-60(50,51)52)18-6-4-7-21-39-42(3,26-12-15-29-59(47,48)49)35-19-9-10-20-38(35)44(39)28-14-17-31-61(53,54)55/h4,6-7,9-10,18-21,23-24,32,43H,1,5,8,11-17,22,25-31H2,2-3H3,(H,45,46)(H,47,48,49)(H,50,51,52)(H,53,54,55)(H,56,57,58)/b7-4+,18-6+,39-21+. The van der Waals surface area contributed by atoms with Gasteiger partial charge in [-0.05, 0) is 105 Å². The van der Waals surface area contributed by atoms with Crippen LogP contribution >= 0.6 is 0 Å². The summed E-state index contributed by atoms with van der Waals surface area (Å²) in [5.74, 6) is -2.13. The van der Waals surface area contributed by atoms with E-state index in [4.69, 9.17) is 9.66 Å². The van der Waals surface area contributed by atoms with Crippen molar-refractivity contribution in [2.75, 3.05) is 40.6 Å². The number of rotatable bonds is 28. The molecule has 1 aliphatic rings. The Hall–Kier alpha value is -3.89. The molecule has 1 aliphatic heterocycles. The third kappa shape index (κ3) is 16.7. The van der Waals surface area contributed by atoms with Gasteiger partial charge in [-0.2, -0.15) is 33.7 Å². The van der Waals surface area contributed by atoms with Gasteiger partial charge in [0.1, 0.15) is 0 Å². The first-order valence-corrected chi connectivity index (χ1v) is 26.6. The highest BCUT2D eigenvalue weighted by atomic mass is 32.2. The molecular formula is C42H60N2O14S4. The van der Waals surface area contributed by atoms with E-state index < -0.39 is 63.0 Å². The number of nitrogens with zero attached hydrogens (tertiary/aromatic N) is 1. The van der Waals surface area contributed by atoms with Gasteiger partial charge in [-0.3, -0.25) is 23.0 Å². The van der Waals surface area contributed by atoms with Crippen molar-refractivity contribution in [3.05, 3.63) is 102 Å². The third-order valence-corrected chi connectivity index (χ3v) is 14.3. The fourth-order valence-corrected chi connectivity index (χ4v) is 9.94. The van der Waals surface area contributed by atoms with Crippen molar-refractivity contribution in [2.24, 2.45) is 0 Å².